The lowest BCUT2D eigenvalue weighted by Gasteiger charge is -2.33. The van der Waals surface area contributed by atoms with E-state index in [9.17, 15) is 0 Å². The van der Waals surface area contributed by atoms with Crippen molar-refractivity contribution < 1.29 is 9.47 Å². The predicted octanol–water partition coefficient (Wildman–Crippen LogP) is 2.54. The molecule has 3 heterocycles. The van der Waals surface area contributed by atoms with Gasteiger partial charge in [-0.1, -0.05) is 6.07 Å². The van der Waals surface area contributed by atoms with Gasteiger partial charge in [0, 0.05) is 50.6 Å². The summed E-state index contributed by atoms with van der Waals surface area (Å²) in [6.07, 6.45) is 2.75. The Balaban J connectivity index is 0.00000256. The van der Waals surface area contributed by atoms with E-state index < -0.39 is 0 Å². The van der Waals surface area contributed by atoms with Crippen molar-refractivity contribution in [3.05, 3.63) is 42.1 Å². The Hall–Kier alpha value is -2.27. The Morgan fingerprint density at radius 1 is 1.10 bits per heavy atom. The van der Waals surface area contributed by atoms with Crippen LogP contribution in [0.1, 0.15) is 12.0 Å². The van der Waals surface area contributed by atoms with Gasteiger partial charge in [0.25, 0.3) is 0 Å². The van der Waals surface area contributed by atoms with Crippen LogP contribution in [0, 0.1) is 0 Å². The molecule has 1 aromatic carbocycles. The Bertz CT molecular complexity index is 853. The van der Waals surface area contributed by atoms with Crippen molar-refractivity contribution in [2.24, 2.45) is 10.7 Å². The minimum absolute atomic E-state index is 0. The third-order valence-corrected chi connectivity index (χ3v) is 5.09. The van der Waals surface area contributed by atoms with Crippen LogP contribution in [0.5, 0.6) is 11.5 Å². The van der Waals surface area contributed by atoms with Crippen LogP contribution < -0.4 is 25.4 Å². The highest BCUT2D eigenvalue weighted by atomic mass is 127. The van der Waals surface area contributed by atoms with Crippen LogP contribution in [0.2, 0.25) is 0 Å². The fourth-order valence-corrected chi connectivity index (χ4v) is 3.34. The van der Waals surface area contributed by atoms with E-state index in [1.807, 2.05) is 24.4 Å². The number of piperazine rings is 1. The number of anilines is 2. The lowest BCUT2D eigenvalue weighted by atomic mass is 10.2. The topological polar surface area (TPSA) is 88.2 Å². The fourth-order valence-electron chi connectivity index (χ4n) is 3.34. The number of aliphatic imine (C=N–C) groups is 1. The molecule has 162 valence electrons. The van der Waals surface area contributed by atoms with Crippen molar-refractivity contribution in [1.82, 2.24) is 9.88 Å². The SMILES string of the molecule is CN1CCN(c2ccc(CN=C(N)Nc3ccc4c(c3)OCCCO4)cn2)CC1.I. The van der Waals surface area contributed by atoms with E-state index in [1.54, 1.807) is 0 Å². The van der Waals surface area contributed by atoms with Crippen molar-refractivity contribution in [3.63, 3.8) is 0 Å². The Kier molecular flexibility index (Phi) is 7.97. The third kappa shape index (κ3) is 5.88. The molecule has 1 aromatic heterocycles. The number of guanidine groups is 1. The van der Waals surface area contributed by atoms with Gasteiger partial charge in [-0.15, -0.1) is 24.0 Å². The van der Waals surface area contributed by atoms with Crippen molar-refractivity contribution in [2.75, 3.05) is 56.7 Å². The monoisotopic (exact) mass is 524 g/mol. The lowest BCUT2D eigenvalue weighted by Crippen LogP contribution is -2.44. The first-order valence-corrected chi connectivity index (χ1v) is 10.0. The molecule has 1 saturated heterocycles. The smallest absolute Gasteiger partial charge is 0.193 e. The number of nitrogens with one attached hydrogen (secondary N) is 1. The van der Waals surface area contributed by atoms with E-state index in [1.165, 1.54) is 0 Å². The van der Waals surface area contributed by atoms with Gasteiger partial charge in [-0.25, -0.2) is 9.98 Å². The van der Waals surface area contributed by atoms with Crippen LogP contribution in [-0.4, -0.2) is 62.3 Å². The maximum atomic E-state index is 6.05. The van der Waals surface area contributed by atoms with Crippen molar-refractivity contribution in [2.45, 2.75) is 13.0 Å². The Morgan fingerprint density at radius 2 is 1.87 bits per heavy atom. The average Bonchev–Trinajstić information content (AvgIpc) is 2.98. The Morgan fingerprint density at radius 3 is 2.60 bits per heavy atom. The summed E-state index contributed by atoms with van der Waals surface area (Å²) in [5.74, 6) is 2.85. The van der Waals surface area contributed by atoms with E-state index in [2.05, 4.69) is 44.3 Å². The van der Waals surface area contributed by atoms with Crippen LogP contribution in [0.4, 0.5) is 11.5 Å². The van der Waals surface area contributed by atoms with Crippen molar-refractivity contribution in [1.29, 1.82) is 0 Å². The molecule has 0 spiro atoms. The number of benzene rings is 1. The van der Waals surface area contributed by atoms with Gasteiger partial charge in [0.1, 0.15) is 5.82 Å². The van der Waals surface area contributed by atoms with E-state index in [0.717, 1.165) is 61.2 Å². The first-order chi connectivity index (χ1) is 14.2. The summed E-state index contributed by atoms with van der Waals surface area (Å²) < 4.78 is 11.4. The average molecular weight is 524 g/mol. The van der Waals surface area contributed by atoms with Crippen molar-refractivity contribution in [3.8, 4) is 11.5 Å². The molecule has 1 fully saturated rings. The molecule has 2 aromatic rings. The summed E-state index contributed by atoms with van der Waals surface area (Å²) in [7, 11) is 2.15. The largest absolute Gasteiger partial charge is 0.490 e. The minimum Gasteiger partial charge on any atom is -0.490 e. The first-order valence-electron chi connectivity index (χ1n) is 10.0. The van der Waals surface area contributed by atoms with Gasteiger partial charge in [-0.2, -0.15) is 0 Å². The summed E-state index contributed by atoms with van der Waals surface area (Å²) in [6, 6.07) is 9.80. The molecule has 3 N–H and O–H groups in total. The number of aromatic nitrogens is 1. The van der Waals surface area contributed by atoms with Crippen LogP contribution in [-0.2, 0) is 6.54 Å². The second-order valence-corrected chi connectivity index (χ2v) is 7.35. The predicted molar refractivity (Wildman–Crippen MR) is 130 cm³/mol. The number of likely N-dealkylation sites (N-methyl/N-ethyl adjacent to an activating group) is 1. The van der Waals surface area contributed by atoms with E-state index in [4.69, 9.17) is 15.2 Å². The molecule has 0 saturated carbocycles. The highest BCUT2D eigenvalue weighted by Crippen LogP contribution is 2.32. The second-order valence-electron chi connectivity index (χ2n) is 7.35. The van der Waals surface area contributed by atoms with E-state index >= 15 is 0 Å². The molecule has 0 aliphatic carbocycles. The van der Waals surface area contributed by atoms with Gasteiger partial charge in [0.15, 0.2) is 17.5 Å². The fraction of sp³-hybridized carbons (Fsp3) is 0.429. The zero-order valence-electron chi connectivity index (χ0n) is 17.2. The third-order valence-electron chi connectivity index (χ3n) is 5.09. The zero-order chi connectivity index (χ0) is 20.1. The summed E-state index contributed by atoms with van der Waals surface area (Å²) >= 11 is 0. The summed E-state index contributed by atoms with van der Waals surface area (Å²) in [5, 5.41) is 3.11. The molecule has 0 bridgehead atoms. The van der Waals surface area contributed by atoms with Crippen LogP contribution in [0.15, 0.2) is 41.5 Å². The summed E-state index contributed by atoms with van der Waals surface area (Å²) in [6.45, 7) is 5.94. The number of rotatable bonds is 4. The summed E-state index contributed by atoms with van der Waals surface area (Å²) in [4.78, 5) is 13.7. The second kappa shape index (κ2) is 10.7. The number of nitrogens with two attached hydrogens (primary N) is 1. The molecule has 4 rings (SSSR count). The lowest BCUT2D eigenvalue weighted by molar-refractivity contribution is 0.297. The van der Waals surface area contributed by atoms with Crippen molar-refractivity contribution >= 4 is 41.4 Å². The quantitative estimate of drug-likeness (QED) is 0.361. The normalized spacial score (nSPS) is 17.1. The maximum absolute atomic E-state index is 6.05. The molecule has 0 atom stereocenters. The molecule has 30 heavy (non-hydrogen) atoms. The molecule has 9 heteroatoms. The van der Waals surface area contributed by atoms with Crippen LogP contribution in [0.25, 0.3) is 0 Å². The molecule has 8 nitrogen and oxygen atoms in total. The number of pyridine rings is 1. The molecular weight excluding hydrogens is 495 g/mol. The zero-order valence-corrected chi connectivity index (χ0v) is 19.5. The van der Waals surface area contributed by atoms with Gasteiger partial charge in [0.2, 0.25) is 0 Å². The number of hydrogen-bond donors (Lipinski definition) is 2. The molecule has 0 unspecified atom stereocenters. The van der Waals surface area contributed by atoms with E-state index in [0.29, 0.717) is 25.7 Å². The molecule has 0 radical (unpaired) electrons. The maximum Gasteiger partial charge on any atom is 0.193 e. The summed E-state index contributed by atoms with van der Waals surface area (Å²) in [5.41, 5.74) is 7.89. The van der Waals surface area contributed by atoms with Gasteiger partial charge in [-0.3, -0.25) is 0 Å². The Labute approximate surface area is 194 Å². The van der Waals surface area contributed by atoms with Gasteiger partial charge >= 0.3 is 0 Å². The van der Waals surface area contributed by atoms with Gasteiger partial charge < -0.3 is 30.3 Å². The molecule has 0 amide bonds. The van der Waals surface area contributed by atoms with Gasteiger partial charge in [-0.05, 0) is 30.8 Å². The number of ether oxygens (including phenoxy) is 2. The van der Waals surface area contributed by atoms with Crippen LogP contribution in [0.3, 0.4) is 0 Å². The highest BCUT2D eigenvalue weighted by Gasteiger charge is 2.15. The number of hydrogen-bond acceptors (Lipinski definition) is 6. The standard InChI is InChI=1S/C21H28N6O2.HI/c1-26-7-9-27(10-8-26)20-6-3-16(14-23-20)15-24-21(22)25-17-4-5-18-19(13-17)29-12-2-11-28-18;/h3-6,13-14H,2,7-12,15H2,1H3,(H3,22,24,25);1H. The number of halogens is 1. The number of fused-ring (bicyclic) bond motifs is 1. The van der Waals surface area contributed by atoms with E-state index in [-0.39, 0.29) is 24.0 Å². The molecule has 2 aliphatic heterocycles. The minimum atomic E-state index is 0. The molecule has 2 aliphatic rings. The number of nitrogens with zero attached hydrogens (tertiary/aromatic N) is 4. The van der Waals surface area contributed by atoms with Gasteiger partial charge in [0.05, 0.1) is 19.8 Å². The highest BCUT2D eigenvalue weighted by molar-refractivity contribution is 14.0. The molecular formula is C21H29IN6O2. The van der Waals surface area contributed by atoms with Crippen LogP contribution >= 0.6 is 24.0 Å². The first kappa shape index (κ1) is 22.4.